The standard InChI is InChI=1S/C36H40N4O6S.C22H27NO4/c1-5-28-20-36(28,33(42)39-47(44,45)30-12-8-11-25-17-18-37-31(25)30)38-32(41)29-22-40(34(43)46-35(2,3)4)21-27(29)16-14-23-13-15-24-9-6-7-10-26(24)19-23;1-22(2,3)27-21(26)23-13-18(19(14-23)20(24)25)11-9-15-8-10-16-6-4-5-7-17(16)12-15/h5-13,15,17-19,27-29,37H,1,14,16,20-22H2,2-4H3,(H,38,41)(H,39,42);4-8,10,12,18-19H,9,11,13-14H2,1-3H3,(H,24,25)/t27-,28+,29-,36+;18-,19-/m00/s1. The highest BCUT2D eigenvalue weighted by Crippen LogP contribution is 2.46. The number of benzene rings is 5. The van der Waals surface area contributed by atoms with E-state index in [0.29, 0.717) is 36.8 Å². The molecule has 74 heavy (non-hydrogen) atoms. The molecule has 0 bridgehead atoms. The van der Waals surface area contributed by atoms with E-state index in [2.05, 4.69) is 82.3 Å². The normalized spacial score (nSPS) is 21.7. The fourth-order valence-electron chi connectivity index (χ4n) is 10.2. The minimum atomic E-state index is -4.27. The molecule has 0 radical (unpaired) electrons. The Balaban J connectivity index is 0.000000229. The topological polar surface area (TPSA) is 205 Å². The Morgan fingerprint density at radius 1 is 0.689 bits per heavy atom. The molecule has 3 fully saturated rings. The maximum Gasteiger partial charge on any atom is 0.410 e. The Labute approximate surface area is 432 Å². The summed E-state index contributed by atoms with van der Waals surface area (Å²) in [4.78, 5) is 70.7. The van der Waals surface area contributed by atoms with Gasteiger partial charge in [0, 0.05) is 43.7 Å². The van der Waals surface area contributed by atoms with Crippen LogP contribution in [-0.4, -0.2) is 101 Å². The van der Waals surface area contributed by atoms with Gasteiger partial charge in [-0.3, -0.25) is 14.4 Å². The minimum Gasteiger partial charge on any atom is -0.481 e. The fourth-order valence-corrected chi connectivity index (χ4v) is 11.5. The molecule has 390 valence electrons. The SMILES string of the molecule is C=C[C@@H]1C[C@]1(NC(=O)[C@H]1CN(C(=O)OC(C)(C)C)C[C@@H]1CCc1ccc2ccccc2c1)C(=O)NS(=O)(=O)c1cccc2cc[nH]c12.CC(C)(C)OC(=O)N1C[C@H](CCc2ccc3ccccc3c2)[C@@H](C(=O)O)C1. The lowest BCUT2D eigenvalue weighted by atomic mass is 9.88. The average Bonchev–Trinajstić information content (AvgIpc) is 3.72. The fraction of sp³-hybridized carbons (Fsp3) is 0.397. The number of carbonyl (C=O) groups excluding carboxylic acids is 4. The van der Waals surface area contributed by atoms with E-state index in [0.717, 1.165) is 29.2 Å². The number of aromatic amines is 1. The number of hydrogen-bond acceptors (Lipinski definition) is 9. The van der Waals surface area contributed by atoms with E-state index in [4.69, 9.17) is 9.47 Å². The van der Waals surface area contributed by atoms with Crippen molar-refractivity contribution in [2.75, 3.05) is 26.2 Å². The number of fused-ring (bicyclic) bond motifs is 3. The lowest BCUT2D eigenvalue weighted by molar-refractivity contribution is -0.142. The smallest absolute Gasteiger partial charge is 0.410 e. The predicted octanol–water partition coefficient (Wildman–Crippen LogP) is 9.64. The van der Waals surface area contributed by atoms with Gasteiger partial charge in [-0.2, -0.15) is 0 Å². The van der Waals surface area contributed by atoms with Gasteiger partial charge >= 0.3 is 18.2 Å². The van der Waals surface area contributed by atoms with Gasteiger partial charge in [0.25, 0.3) is 15.9 Å². The van der Waals surface area contributed by atoms with Crippen LogP contribution in [0.3, 0.4) is 0 Å². The molecule has 3 heterocycles. The molecule has 1 aliphatic carbocycles. The number of carboxylic acid groups (broad SMARTS) is 1. The Kier molecular flexibility index (Phi) is 15.3. The number of rotatable bonds is 13. The molecule has 5 aromatic carbocycles. The van der Waals surface area contributed by atoms with E-state index in [1.54, 1.807) is 56.1 Å². The van der Waals surface area contributed by atoms with Crippen LogP contribution < -0.4 is 10.0 Å². The number of aromatic nitrogens is 1. The van der Waals surface area contributed by atoms with Gasteiger partial charge in [0.15, 0.2) is 0 Å². The number of ether oxygens (including phenoxy) is 2. The van der Waals surface area contributed by atoms with Crippen LogP contribution in [0.5, 0.6) is 0 Å². The molecule has 6 aromatic rings. The summed E-state index contributed by atoms with van der Waals surface area (Å²) in [6.45, 7) is 15.7. The van der Waals surface area contributed by atoms with Crippen LogP contribution in [0.25, 0.3) is 32.4 Å². The predicted molar refractivity (Wildman–Crippen MR) is 285 cm³/mol. The van der Waals surface area contributed by atoms with Crippen LogP contribution in [-0.2, 0) is 46.7 Å². The molecule has 4 amide bonds. The number of carboxylic acids is 1. The monoisotopic (exact) mass is 1030 g/mol. The Morgan fingerprint density at radius 2 is 1.19 bits per heavy atom. The number of sulfonamides is 1. The van der Waals surface area contributed by atoms with E-state index in [1.807, 2.05) is 45.0 Å². The van der Waals surface area contributed by atoms with Crippen molar-refractivity contribution in [3.05, 3.63) is 139 Å². The second kappa shape index (κ2) is 21.3. The number of likely N-dealkylation sites (tertiary alicyclic amines) is 2. The van der Waals surface area contributed by atoms with Crippen molar-refractivity contribution in [3.63, 3.8) is 0 Å². The molecule has 1 saturated carbocycles. The summed E-state index contributed by atoms with van der Waals surface area (Å²) < 4.78 is 40.0. The quantitative estimate of drug-likeness (QED) is 0.0807. The van der Waals surface area contributed by atoms with E-state index < -0.39 is 74.5 Å². The maximum absolute atomic E-state index is 14.0. The molecule has 0 spiro atoms. The first-order chi connectivity index (χ1) is 35.0. The molecule has 0 unspecified atom stereocenters. The maximum atomic E-state index is 14.0. The second-order valence-corrected chi connectivity index (χ2v) is 23.6. The second-order valence-electron chi connectivity index (χ2n) is 21.9. The Hall–Kier alpha value is -7.20. The first-order valence-corrected chi connectivity index (χ1v) is 26.7. The summed E-state index contributed by atoms with van der Waals surface area (Å²) >= 11 is 0. The van der Waals surface area contributed by atoms with Crippen LogP contribution in [0.15, 0.2) is 133 Å². The molecule has 3 aliphatic rings. The summed E-state index contributed by atoms with van der Waals surface area (Å²) in [5.74, 6) is -4.00. The van der Waals surface area contributed by atoms with Gasteiger partial charge in [0.2, 0.25) is 5.91 Å². The van der Waals surface area contributed by atoms with Crippen LogP contribution in [0.4, 0.5) is 9.59 Å². The number of amides is 4. The molecule has 6 atom stereocenters. The van der Waals surface area contributed by atoms with Crippen molar-refractivity contribution < 1.29 is 47.0 Å². The molecule has 1 aromatic heterocycles. The van der Waals surface area contributed by atoms with Gasteiger partial charge in [-0.05, 0) is 130 Å². The molecule has 15 nitrogen and oxygen atoms in total. The van der Waals surface area contributed by atoms with Crippen LogP contribution in [0.2, 0.25) is 0 Å². The minimum absolute atomic E-state index is 0.0665. The van der Waals surface area contributed by atoms with Crippen molar-refractivity contribution in [2.45, 2.75) is 95.3 Å². The Morgan fingerprint density at radius 3 is 1.69 bits per heavy atom. The van der Waals surface area contributed by atoms with E-state index >= 15 is 0 Å². The van der Waals surface area contributed by atoms with Gasteiger partial charge in [-0.25, -0.2) is 22.7 Å². The number of aliphatic carboxylic acids is 1. The molecule has 9 rings (SSSR count). The van der Waals surface area contributed by atoms with Gasteiger partial charge in [0.05, 0.1) is 17.4 Å². The van der Waals surface area contributed by atoms with E-state index in [9.17, 15) is 37.5 Å². The van der Waals surface area contributed by atoms with Crippen LogP contribution in [0, 0.1) is 29.6 Å². The number of H-pyrrole nitrogens is 1. The summed E-state index contributed by atoms with van der Waals surface area (Å²) in [6.07, 6.45) is 5.28. The largest absolute Gasteiger partial charge is 0.481 e. The molecule has 2 aliphatic heterocycles. The first kappa shape index (κ1) is 53.1. The number of nitrogens with one attached hydrogen (secondary N) is 3. The van der Waals surface area contributed by atoms with Gasteiger partial charge in [0.1, 0.15) is 21.6 Å². The van der Waals surface area contributed by atoms with Crippen LogP contribution in [0.1, 0.15) is 71.9 Å². The average molecular weight is 1030 g/mol. The summed E-state index contributed by atoms with van der Waals surface area (Å²) in [7, 11) is -4.27. The van der Waals surface area contributed by atoms with Crippen molar-refractivity contribution >= 4 is 72.4 Å². The van der Waals surface area contributed by atoms with Crippen LogP contribution >= 0.6 is 0 Å². The van der Waals surface area contributed by atoms with Gasteiger partial charge < -0.3 is 34.7 Å². The highest BCUT2D eigenvalue weighted by Gasteiger charge is 2.61. The lowest BCUT2D eigenvalue weighted by Gasteiger charge is -2.24. The molecular formula is C58H67N5O10S. The highest BCUT2D eigenvalue weighted by atomic mass is 32.2. The number of para-hydroxylation sites is 1. The third-order valence-electron chi connectivity index (χ3n) is 14.2. The summed E-state index contributed by atoms with van der Waals surface area (Å²) in [5.41, 5.74) is -0.0819. The van der Waals surface area contributed by atoms with Crippen molar-refractivity contribution in [3.8, 4) is 0 Å². The Bertz CT molecular complexity index is 3210. The summed E-state index contributed by atoms with van der Waals surface area (Å²) in [6, 6.07) is 35.5. The zero-order valence-corrected chi connectivity index (χ0v) is 43.7. The molecular weight excluding hydrogens is 959 g/mol. The number of nitrogens with zero attached hydrogens (tertiary/aromatic N) is 2. The zero-order valence-electron chi connectivity index (χ0n) is 42.9. The number of aryl methyl sites for hydroxylation is 2. The van der Waals surface area contributed by atoms with Gasteiger partial charge in [-0.15, -0.1) is 6.58 Å². The third kappa shape index (κ3) is 12.4. The van der Waals surface area contributed by atoms with Crippen molar-refractivity contribution in [1.82, 2.24) is 24.8 Å². The summed E-state index contributed by atoms with van der Waals surface area (Å²) in [5, 5.41) is 17.8. The first-order valence-electron chi connectivity index (χ1n) is 25.2. The van der Waals surface area contributed by atoms with Crippen molar-refractivity contribution in [1.29, 1.82) is 0 Å². The molecule has 4 N–H and O–H groups in total. The van der Waals surface area contributed by atoms with Crippen molar-refractivity contribution in [2.24, 2.45) is 29.6 Å². The van der Waals surface area contributed by atoms with E-state index in [-0.39, 0.29) is 36.2 Å². The van der Waals surface area contributed by atoms with Gasteiger partial charge in [-0.1, -0.05) is 103 Å². The molecule has 16 heteroatoms. The lowest BCUT2D eigenvalue weighted by Crippen LogP contribution is -2.54. The molecule has 2 saturated heterocycles. The zero-order chi connectivity index (χ0) is 53.2. The highest BCUT2D eigenvalue weighted by molar-refractivity contribution is 7.90. The van der Waals surface area contributed by atoms with E-state index in [1.165, 1.54) is 27.3 Å². The third-order valence-corrected chi connectivity index (χ3v) is 15.6. The number of hydrogen-bond donors (Lipinski definition) is 4. The number of carbonyl (C=O) groups is 5.